The summed E-state index contributed by atoms with van der Waals surface area (Å²) >= 11 is 0. The monoisotopic (exact) mass is 331 g/mol. The van der Waals surface area contributed by atoms with Crippen molar-refractivity contribution in [1.82, 2.24) is 5.32 Å². The van der Waals surface area contributed by atoms with Crippen LogP contribution in [-0.4, -0.2) is 23.0 Å². The maximum Gasteiger partial charge on any atom is 0.233 e. The zero-order chi connectivity index (χ0) is 16.7. The van der Waals surface area contributed by atoms with Gasteiger partial charge in [-0.15, -0.1) is 0 Å². The summed E-state index contributed by atoms with van der Waals surface area (Å²) in [6.07, 6.45) is 0. The molecular formula is C18H21NO3S. The standard InChI is InChI=1S/C18H21NO3S/c1-14-5-3-4-6-17(14)23(21)13-18(20)19-11-15-7-9-16(10-8-15)12-22-2/h3-10H,11-13H2,1-2H3,(H,19,20)/t23-/m0/s1. The van der Waals surface area contributed by atoms with Gasteiger partial charge in [-0.1, -0.05) is 42.5 Å². The summed E-state index contributed by atoms with van der Waals surface area (Å²) in [6, 6.07) is 15.3. The number of benzene rings is 2. The number of hydrogen-bond acceptors (Lipinski definition) is 3. The van der Waals surface area contributed by atoms with Gasteiger partial charge in [0, 0.05) is 18.6 Å². The molecule has 0 aliphatic heterocycles. The van der Waals surface area contributed by atoms with E-state index in [1.165, 1.54) is 0 Å². The third-order valence-corrected chi connectivity index (χ3v) is 4.90. The number of carbonyl (C=O) groups is 1. The molecule has 0 saturated carbocycles. The Morgan fingerprint density at radius 3 is 2.39 bits per heavy atom. The molecule has 0 radical (unpaired) electrons. The number of methoxy groups -OCH3 is 1. The molecular weight excluding hydrogens is 310 g/mol. The van der Waals surface area contributed by atoms with Crippen molar-refractivity contribution < 1.29 is 13.7 Å². The first-order chi connectivity index (χ1) is 11.1. The second kappa shape index (κ2) is 8.60. The molecule has 2 aromatic rings. The molecule has 0 saturated heterocycles. The fourth-order valence-corrected chi connectivity index (χ4v) is 3.33. The van der Waals surface area contributed by atoms with Crippen LogP contribution in [0.15, 0.2) is 53.4 Å². The van der Waals surface area contributed by atoms with Crippen LogP contribution in [0.3, 0.4) is 0 Å². The molecule has 0 aliphatic carbocycles. The molecule has 5 heteroatoms. The van der Waals surface area contributed by atoms with Crippen LogP contribution in [0.1, 0.15) is 16.7 Å². The van der Waals surface area contributed by atoms with Gasteiger partial charge < -0.3 is 10.1 Å². The maximum absolute atomic E-state index is 12.2. The molecule has 0 aliphatic rings. The Bertz CT molecular complexity index is 683. The largest absolute Gasteiger partial charge is 0.380 e. The van der Waals surface area contributed by atoms with Gasteiger partial charge >= 0.3 is 0 Å². The highest BCUT2D eigenvalue weighted by Crippen LogP contribution is 2.12. The van der Waals surface area contributed by atoms with Crippen molar-refractivity contribution in [2.24, 2.45) is 0 Å². The van der Waals surface area contributed by atoms with Crippen LogP contribution in [0.4, 0.5) is 0 Å². The third-order valence-electron chi connectivity index (χ3n) is 3.42. The molecule has 1 amide bonds. The summed E-state index contributed by atoms with van der Waals surface area (Å²) < 4.78 is 17.3. The molecule has 1 N–H and O–H groups in total. The average molecular weight is 331 g/mol. The highest BCUT2D eigenvalue weighted by Gasteiger charge is 2.11. The number of carbonyl (C=O) groups excluding carboxylic acids is 1. The number of rotatable bonds is 7. The molecule has 23 heavy (non-hydrogen) atoms. The van der Waals surface area contributed by atoms with Gasteiger partial charge in [0.05, 0.1) is 17.4 Å². The molecule has 0 unspecified atom stereocenters. The predicted octanol–water partition coefficient (Wildman–Crippen LogP) is 2.57. The molecule has 2 aromatic carbocycles. The van der Waals surface area contributed by atoms with Crippen LogP contribution in [0.25, 0.3) is 0 Å². The van der Waals surface area contributed by atoms with Gasteiger partial charge in [-0.25, -0.2) is 0 Å². The van der Waals surface area contributed by atoms with Gasteiger partial charge in [-0.05, 0) is 29.7 Å². The minimum Gasteiger partial charge on any atom is -0.380 e. The molecule has 2 rings (SSSR count). The summed E-state index contributed by atoms with van der Waals surface area (Å²) in [7, 11) is 0.338. The lowest BCUT2D eigenvalue weighted by Gasteiger charge is -2.08. The van der Waals surface area contributed by atoms with Crippen LogP contribution in [0.2, 0.25) is 0 Å². The van der Waals surface area contributed by atoms with Gasteiger partial charge in [0.2, 0.25) is 5.91 Å². The Morgan fingerprint density at radius 1 is 1.09 bits per heavy atom. The van der Waals surface area contributed by atoms with Crippen LogP contribution >= 0.6 is 0 Å². The topological polar surface area (TPSA) is 55.4 Å². The molecule has 1 atom stereocenters. The first-order valence-electron chi connectivity index (χ1n) is 7.37. The summed E-state index contributed by atoms with van der Waals surface area (Å²) in [6.45, 7) is 2.89. The Labute approximate surface area is 139 Å². The molecule has 0 fully saturated rings. The summed E-state index contributed by atoms with van der Waals surface area (Å²) in [5, 5.41) is 2.81. The zero-order valence-electron chi connectivity index (χ0n) is 13.4. The summed E-state index contributed by atoms with van der Waals surface area (Å²) in [5.74, 6) is -0.236. The minimum absolute atomic E-state index is 0.0212. The van der Waals surface area contributed by atoms with Crippen molar-refractivity contribution >= 4 is 16.7 Å². The molecule has 0 heterocycles. The Morgan fingerprint density at radius 2 is 1.74 bits per heavy atom. The lowest BCUT2D eigenvalue weighted by molar-refractivity contribution is -0.118. The fraction of sp³-hybridized carbons (Fsp3) is 0.278. The smallest absolute Gasteiger partial charge is 0.233 e. The number of amides is 1. The zero-order valence-corrected chi connectivity index (χ0v) is 14.2. The molecule has 122 valence electrons. The Kier molecular flexibility index (Phi) is 6.50. The number of ether oxygens (including phenoxy) is 1. The van der Waals surface area contributed by atoms with E-state index in [1.807, 2.05) is 49.4 Å². The van der Waals surface area contributed by atoms with Gasteiger partial charge in [-0.3, -0.25) is 9.00 Å². The van der Waals surface area contributed by atoms with Crippen LogP contribution in [-0.2, 0) is 33.5 Å². The average Bonchev–Trinajstić information content (AvgIpc) is 2.55. The van der Waals surface area contributed by atoms with Gasteiger partial charge in [0.15, 0.2) is 0 Å². The van der Waals surface area contributed by atoms with E-state index in [-0.39, 0.29) is 11.7 Å². The summed E-state index contributed by atoms with van der Waals surface area (Å²) in [5.41, 5.74) is 3.02. The first kappa shape index (κ1) is 17.4. The molecule has 0 bridgehead atoms. The SMILES string of the molecule is COCc1ccc(CNC(=O)C[S@](=O)c2ccccc2C)cc1. The van der Waals surface area contributed by atoms with Gasteiger partial charge in [0.1, 0.15) is 5.75 Å². The highest BCUT2D eigenvalue weighted by atomic mass is 32.2. The molecule has 0 aromatic heterocycles. The van der Waals surface area contributed by atoms with Crippen molar-refractivity contribution in [1.29, 1.82) is 0 Å². The van der Waals surface area contributed by atoms with Crippen LogP contribution in [0, 0.1) is 6.92 Å². The fourth-order valence-electron chi connectivity index (χ4n) is 2.18. The number of nitrogens with one attached hydrogen (secondary N) is 1. The van der Waals surface area contributed by atoms with E-state index in [0.29, 0.717) is 18.0 Å². The predicted molar refractivity (Wildman–Crippen MR) is 91.5 cm³/mol. The lowest BCUT2D eigenvalue weighted by Crippen LogP contribution is -2.28. The van der Waals surface area contributed by atoms with Crippen molar-refractivity contribution in [3.05, 3.63) is 65.2 Å². The summed E-state index contributed by atoms with van der Waals surface area (Å²) in [4.78, 5) is 12.7. The Hall–Kier alpha value is -1.98. The molecule has 4 nitrogen and oxygen atoms in total. The van der Waals surface area contributed by atoms with E-state index in [0.717, 1.165) is 16.7 Å². The van der Waals surface area contributed by atoms with Gasteiger partial charge in [-0.2, -0.15) is 0 Å². The third kappa shape index (κ3) is 5.30. The van der Waals surface area contributed by atoms with E-state index in [4.69, 9.17) is 4.74 Å². The maximum atomic E-state index is 12.2. The van der Waals surface area contributed by atoms with Gasteiger partial charge in [0.25, 0.3) is 0 Å². The van der Waals surface area contributed by atoms with E-state index in [9.17, 15) is 9.00 Å². The number of hydrogen-bond donors (Lipinski definition) is 1. The first-order valence-corrected chi connectivity index (χ1v) is 8.69. The van der Waals surface area contributed by atoms with Crippen molar-refractivity contribution in [3.8, 4) is 0 Å². The molecule has 0 spiro atoms. The van der Waals surface area contributed by atoms with Crippen molar-refractivity contribution in [3.63, 3.8) is 0 Å². The normalized spacial score (nSPS) is 11.9. The highest BCUT2D eigenvalue weighted by molar-refractivity contribution is 7.85. The van der Waals surface area contributed by atoms with Crippen LogP contribution in [0.5, 0.6) is 0 Å². The van der Waals surface area contributed by atoms with E-state index in [1.54, 1.807) is 13.2 Å². The van der Waals surface area contributed by atoms with E-state index >= 15 is 0 Å². The van der Waals surface area contributed by atoms with E-state index in [2.05, 4.69) is 5.32 Å². The second-order valence-electron chi connectivity index (χ2n) is 5.28. The quantitative estimate of drug-likeness (QED) is 0.848. The van der Waals surface area contributed by atoms with Crippen molar-refractivity contribution in [2.75, 3.05) is 12.9 Å². The second-order valence-corrected chi connectivity index (χ2v) is 6.70. The lowest BCUT2D eigenvalue weighted by atomic mass is 10.1. The minimum atomic E-state index is -1.32. The van der Waals surface area contributed by atoms with E-state index < -0.39 is 10.8 Å². The Balaban J connectivity index is 1.85. The number of aryl methyl sites for hydroxylation is 1. The van der Waals surface area contributed by atoms with Crippen LogP contribution < -0.4 is 5.32 Å². The van der Waals surface area contributed by atoms with Crippen molar-refractivity contribution in [2.45, 2.75) is 25.0 Å².